The minimum absolute atomic E-state index is 0.00774. The van der Waals surface area contributed by atoms with Crippen LogP contribution in [0.1, 0.15) is 56.7 Å². The summed E-state index contributed by atoms with van der Waals surface area (Å²) in [5.74, 6) is 1.07. The SMILES string of the molecule is Cc1ccc(C2C(OC(F)(F)F)CCN2C(N)=O)cc1-c1cc(OC(C)(C)COC2CCCCO2)nc(N2CCOCC2)c1. The van der Waals surface area contributed by atoms with Crippen LogP contribution in [-0.4, -0.2) is 86.3 Å². The highest BCUT2D eigenvalue weighted by Gasteiger charge is 2.44. The molecule has 5 rings (SSSR count). The number of ether oxygens (including phenoxy) is 5. The summed E-state index contributed by atoms with van der Waals surface area (Å²) in [5.41, 5.74) is 7.74. The van der Waals surface area contributed by atoms with E-state index in [1.54, 1.807) is 12.1 Å². The summed E-state index contributed by atoms with van der Waals surface area (Å²) in [5, 5.41) is 0. The number of alkyl halides is 3. The molecule has 242 valence electrons. The summed E-state index contributed by atoms with van der Waals surface area (Å²) in [7, 11) is 0. The molecule has 13 heteroatoms. The van der Waals surface area contributed by atoms with Gasteiger partial charge in [0.1, 0.15) is 11.4 Å². The van der Waals surface area contributed by atoms with Gasteiger partial charge in [0.15, 0.2) is 6.29 Å². The molecule has 2 amide bonds. The van der Waals surface area contributed by atoms with Crippen molar-refractivity contribution in [3.05, 3.63) is 41.5 Å². The summed E-state index contributed by atoms with van der Waals surface area (Å²) in [4.78, 5) is 20.4. The first-order valence-electron chi connectivity index (χ1n) is 15.1. The number of aromatic nitrogens is 1. The third-order valence-corrected chi connectivity index (χ3v) is 8.08. The minimum atomic E-state index is -4.85. The van der Waals surface area contributed by atoms with Crippen LogP contribution in [0, 0.1) is 6.92 Å². The van der Waals surface area contributed by atoms with Gasteiger partial charge in [0.25, 0.3) is 0 Å². The second-order valence-electron chi connectivity index (χ2n) is 12.1. The molecular formula is C31H41F3N4O6. The van der Waals surface area contributed by atoms with Gasteiger partial charge in [-0.1, -0.05) is 12.1 Å². The number of hydrogen-bond acceptors (Lipinski definition) is 8. The molecule has 0 radical (unpaired) electrons. The Morgan fingerprint density at radius 1 is 1.07 bits per heavy atom. The number of pyridine rings is 1. The Balaban J connectivity index is 1.48. The highest BCUT2D eigenvalue weighted by molar-refractivity contribution is 5.75. The fourth-order valence-corrected chi connectivity index (χ4v) is 5.94. The lowest BCUT2D eigenvalue weighted by Gasteiger charge is -2.31. The van der Waals surface area contributed by atoms with E-state index in [9.17, 15) is 18.0 Å². The maximum atomic E-state index is 13.3. The molecule has 3 saturated heterocycles. The average Bonchev–Trinajstić information content (AvgIpc) is 3.39. The molecule has 10 nitrogen and oxygen atoms in total. The van der Waals surface area contributed by atoms with Crippen LogP contribution in [-0.2, 0) is 18.9 Å². The van der Waals surface area contributed by atoms with E-state index in [2.05, 4.69) is 9.64 Å². The number of anilines is 1. The Morgan fingerprint density at radius 2 is 1.84 bits per heavy atom. The van der Waals surface area contributed by atoms with Crippen LogP contribution >= 0.6 is 0 Å². The number of halogens is 3. The lowest BCUT2D eigenvalue weighted by molar-refractivity contribution is -0.344. The van der Waals surface area contributed by atoms with Gasteiger partial charge in [0.2, 0.25) is 5.88 Å². The molecule has 3 fully saturated rings. The number of carbonyl (C=O) groups excluding carboxylic acids is 1. The third-order valence-electron chi connectivity index (χ3n) is 8.08. The number of benzene rings is 1. The van der Waals surface area contributed by atoms with Crippen molar-refractivity contribution in [3.63, 3.8) is 0 Å². The molecule has 3 aliphatic rings. The van der Waals surface area contributed by atoms with Crippen LogP contribution in [0.25, 0.3) is 11.1 Å². The Labute approximate surface area is 255 Å². The molecule has 0 bridgehead atoms. The first-order valence-corrected chi connectivity index (χ1v) is 15.1. The van der Waals surface area contributed by atoms with E-state index < -0.39 is 30.1 Å². The van der Waals surface area contributed by atoms with Gasteiger partial charge in [-0.3, -0.25) is 4.74 Å². The smallest absolute Gasteiger partial charge is 0.469 e. The van der Waals surface area contributed by atoms with E-state index >= 15 is 0 Å². The largest absolute Gasteiger partial charge is 0.522 e. The van der Waals surface area contributed by atoms with Gasteiger partial charge in [-0.25, -0.2) is 4.79 Å². The number of primary amides is 1. The van der Waals surface area contributed by atoms with Gasteiger partial charge in [-0.2, -0.15) is 4.98 Å². The van der Waals surface area contributed by atoms with Gasteiger partial charge < -0.3 is 34.5 Å². The zero-order valence-electron chi connectivity index (χ0n) is 25.4. The fourth-order valence-electron chi connectivity index (χ4n) is 5.94. The molecule has 0 spiro atoms. The standard InChI is InChI=1S/C31H41F3N4O6/c1-20-7-8-21(28-24(43-31(32,33)34)9-10-38(28)29(35)39)16-23(20)22-17-25(37-11-14-40-15-12-37)36-26(18-22)44-30(2,3)19-42-27-6-4-5-13-41-27/h7-8,16-18,24,27-28H,4-6,9-15,19H2,1-3H3,(H2,35,39). The van der Waals surface area contributed by atoms with Crippen molar-refractivity contribution < 1.29 is 41.7 Å². The Kier molecular flexibility index (Phi) is 9.88. The lowest BCUT2D eigenvalue weighted by Crippen LogP contribution is -2.38. The maximum absolute atomic E-state index is 13.3. The van der Waals surface area contributed by atoms with E-state index in [4.69, 9.17) is 29.7 Å². The van der Waals surface area contributed by atoms with Gasteiger partial charge >= 0.3 is 12.4 Å². The number of hydrogen-bond donors (Lipinski definition) is 1. The van der Waals surface area contributed by atoms with Crippen molar-refractivity contribution in [1.29, 1.82) is 0 Å². The van der Waals surface area contributed by atoms with Crippen molar-refractivity contribution in [2.45, 2.75) is 76.9 Å². The summed E-state index contributed by atoms with van der Waals surface area (Å²) in [6.07, 6.45) is -3.48. The molecule has 0 aliphatic carbocycles. The number of likely N-dealkylation sites (tertiary alicyclic amines) is 1. The number of rotatable bonds is 9. The van der Waals surface area contributed by atoms with Crippen LogP contribution in [0.4, 0.5) is 23.8 Å². The van der Waals surface area contributed by atoms with Crippen LogP contribution in [0.3, 0.4) is 0 Å². The van der Waals surface area contributed by atoms with Crippen molar-refractivity contribution in [3.8, 4) is 17.0 Å². The Bertz CT molecular complexity index is 1300. The number of carbonyl (C=O) groups is 1. The molecule has 3 atom stereocenters. The van der Waals surface area contributed by atoms with Crippen LogP contribution < -0.4 is 15.4 Å². The molecule has 4 heterocycles. The maximum Gasteiger partial charge on any atom is 0.522 e. The summed E-state index contributed by atoms with van der Waals surface area (Å²) in [6, 6.07) is 7.29. The van der Waals surface area contributed by atoms with E-state index in [-0.39, 0.29) is 25.9 Å². The normalized spacial score (nSPS) is 23.2. The van der Waals surface area contributed by atoms with Crippen LogP contribution in [0.15, 0.2) is 30.3 Å². The summed E-state index contributed by atoms with van der Waals surface area (Å²) in [6.45, 7) is 9.19. The second-order valence-corrected chi connectivity index (χ2v) is 12.1. The Hall–Kier alpha value is -3.13. The molecular weight excluding hydrogens is 581 g/mol. The van der Waals surface area contributed by atoms with Crippen molar-refractivity contribution in [2.24, 2.45) is 5.73 Å². The predicted octanol–water partition coefficient (Wildman–Crippen LogP) is 5.32. The number of nitrogens with zero attached hydrogens (tertiary/aromatic N) is 3. The van der Waals surface area contributed by atoms with E-state index in [1.165, 1.54) is 4.90 Å². The average molecular weight is 623 g/mol. The van der Waals surface area contributed by atoms with Gasteiger partial charge in [0, 0.05) is 32.3 Å². The molecule has 0 saturated carbocycles. The topological polar surface area (TPSA) is 109 Å². The first kappa shape index (κ1) is 32.3. The fraction of sp³-hybridized carbons (Fsp3) is 0.613. The number of nitrogens with two attached hydrogens (primary N) is 1. The molecule has 2 aromatic rings. The number of amides is 2. The van der Waals surface area contributed by atoms with Crippen LogP contribution in [0.2, 0.25) is 0 Å². The molecule has 1 aromatic carbocycles. The zero-order valence-corrected chi connectivity index (χ0v) is 25.4. The van der Waals surface area contributed by atoms with E-state index in [1.807, 2.05) is 39.0 Å². The van der Waals surface area contributed by atoms with Crippen molar-refractivity contribution in [1.82, 2.24) is 9.88 Å². The van der Waals surface area contributed by atoms with Crippen LogP contribution in [0.5, 0.6) is 5.88 Å². The van der Waals surface area contributed by atoms with Gasteiger partial charge in [-0.05, 0) is 80.8 Å². The van der Waals surface area contributed by atoms with Gasteiger partial charge in [0.05, 0.1) is 32.0 Å². The van der Waals surface area contributed by atoms with Gasteiger partial charge in [-0.15, -0.1) is 13.2 Å². The third kappa shape index (κ3) is 8.12. The monoisotopic (exact) mass is 622 g/mol. The predicted molar refractivity (Wildman–Crippen MR) is 156 cm³/mol. The minimum Gasteiger partial charge on any atom is -0.469 e. The van der Waals surface area contributed by atoms with Crippen molar-refractivity contribution in [2.75, 3.05) is 51.0 Å². The second kappa shape index (κ2) is 13.5. The lowest BCUT2D eigenvalue weighted by atomic mass is 9.94. The molecule has 3 aliphatic heterocycles. The molecule has 2 N–H and O–H groups in total. The molecule has 1 aromatic heterocycles. The van der Waals surface area contributed by atoms with Crippen molar-refractivity contribution >= 4 is 11.8 Å². The molecule has 44 heavy (non-hydrogen) atoms. The molecule has 3 unspecified atom stereocenters. The quantitative estimate of drug-likeness (QED) is 0.400. The highest BCUT2D eigenvalue weighted by Crippen LogP contribution is 2.40. The summed E-state index contributed by atoms with van der Waals surface area (Å²) >= 11 is 0. The zero-order chi connectivity index (χ0) is 31.5. The summed E-state index contributed by atoms with van der Waals surface area (Å²) < 4.78 is 68.0. The Morgan fingerprint density at radius 3 is 2.52 bits per heavy atom. The first-order chi connectivity index (χ1) is 20.9. The number of morpholine rings is 1. The number of aryl methyl sites for hydroxylation is 1. The van der Waals surface area contributed by atoms with E-state index in [0.717, 1.165) is 36.0 Å². The van der Waals surface area contributed by atoms with E-state index in [0.29, 0.717) is 50.2 Å². The highest BCUT2D eigenvalue weighted by atomic mass is 19.4. The number of urea groups is 1.